The van der Waals surface area contributed by atoms with Gasteiger partial charge < -0.3 is 9.47 Å². The third-order valence-corrected chi connectivity index (χ3v) is 2.58. The number of hydrogen-bond acceptors (Lipinski definition) is 5. The molecule has 0 spiro atoms. The summed E-state index contributed by atoms with van der Waals surface area (Å²) in [5, 5.41) is 6.58. The molecule has 0 radical (unpaired) electrons. The van der Waals surface area contributed by atoms with E-state index in [-0.39, 0.29) is 6.61 Å². The first-order chi connectivity index (χ1) is 9.74. The number of esters is 1. The fourth-order valence-electron chi connectivity index (χ4n) is 1.70. The van der Waals surface area contributed by atoms with Crippen LogP contribution in [-0.2, 0) is 9.53 Å². The van der Waals surface area contributed by atoms with Gasteiger partial charge in [0.25, 0.3) is 0 Å². The van der Waals surface area contributed by atoms with Crippen LogP contribution in [0.5, 0.6) is 5.75 Å². The standard InChI is InChI=1S/C14H14N2O4/c1-2-19-13(18)9-20-12-5-3-4-10(6-12)14-11(8-17)7-15-16-14/h3-8H,2,9H2,1H3,(H,15,16). The van der Waals surface area contributed by atoms with Crippen molar-refractivity contribution in [1.82, 2.24) is 10.2 Å². The number of aromatic nitrogens is 2. The van der Waals surface area contributed by atoms with Gasteiger partial charge in [0.2, 0.25) is 0 Å². The number of rotatable bonds is 6. The van der Waals surface area contributed by atoms with Gasteiger partial charge in [0.1, 0.15) is 5.75 Å². The average Bonchev–Trinajstić information content (AvgIpc) is 2.94. The van der Waals surface area contributed by atoms with E-state index in [1.54, 1.807) is 25.1 Å². The van der Waals surface area contributed by atoms with E-state index in [0.717, 1.165) is 11.8 Å². The summed E-state index contributed by atoms with van der Waals surface area (Å²) in [6, 6.07) is 7.03. The molecular formula is C14H14N2O4. The van der Waals surface area contributed by atoms with Gasteiger partial charge in [-0.2, -0.15) is 5.10 Å². The number of nitrogens with zero attached hydrogens (tertiary/aromatic N) is 1. The van der Waals surface area contributed by atoms with E-state index in [2.05, 4.69) is 10.2 Å². The first-order valence-corrected chi connectivity index (χ1v) is 6.12. The van der Waals surface area contributed by atoms with Crippen molar-refractivity contribution in [3.8, 4) is 17.0 Å². The third-order valence-electron chi connectivity index (χ3n) is 2.58. The van der Waals surface area contributed by atoms with Crippen LogP contribution in [0.2, 0.25) is 0 Å². The molecule has 1 aromatic carbocycles. The second-order valence-electron chi connectivity index (χ2n) is 3.94. The van der Waals surface area contributed by atoms with Crippen LogP contribution in [0, 0.1) is 0 Å². The first-order valence-electron chi connectivity index (χ1n) is 6.12. The maximum atomic E-state index is 11.2. The molecular weight excluding hydrogens is 260 g/mol. The second kappa shape index (κ2) is 6.51. The van der Waals surface area contributed by atoms with E-state index < -0.39 is 5.97 Å². The Labute approximate surface area is 115 Å². The number of hydrogen-bond donors (Lipinski definition) is 1. The second-order valence-corrected chi connectivity index (χ2v) is 3.94. The van der Waals surface area contributed by atoms with Crippen LogP contribution in [0.4, 0.5) is 0 Å². The summed E-state index contributed by atoms with van der Waals surface area (Å²) in [5.41, 5.74) is 1.83. The molecule has 6 heteroatoms. The maximum Gasteiger partial charge on any atom is 0.344 e. The molecule has 0 aliphatic heterocycles. The number of H-pyrrole nitrogens is 1. The highest BCUT2D eigenvalue weighted by atomic mass is 16.6. The Balaban J connectivity index is 2.12. The molecule has 0 atom stereocenters. The third kappa shape index (κ3) is 3.23. The van der Waals surface area contributed by atoms with Crippen LogP contribution in [0.15, 0.2) is 30.5 Å². The van der Waals surface area contributed by atoms with Crippen molar-refractivity contribution in [3.63, 3.8) is 0 Å². The summed E-state index contributed by atoms with van der Waals surface area (Å²) in [6.07, 6.45) is 2.18. The predicted octanol–water partition coefficient (Wildman–Crippen LogP) is 1.83. The monoisotopic (exact) mass is 274 g/mol. The molecule has 0 fully saturated rings. The minimum Gasteiger partial charge on any atom is -0.482 e. The number of aldehydes is 1. The Morgan fingerprint density at radius 1 is 1.45 bits per heavy atom. The van der Waals surface area contributed by atoms with E-state index >= 15 is 0 Å². The number of benzene rings is 1. The number of carbonyl (C=O) groups excluding carboxylic acids is 2. The molecule has 0 amide bonds. The van der Waals surface area contributed by atoms with Gasteiger partial charge in [0.05, 0.1) is 24.1 Å². The summed E-state index contributed by atoms with van der Waals surface area (Å²) >= 11 is 0. The van der Waals surface area contributed by atoms with E-state index in [9.17, 15) is 9.59 Å². The first kappa shape index (κ1) is 13.8. The van der Waals surface area contributed by atoms with Crippen molar-refractivity contribution in [2.75, 3.05) is 13.2 Å². The highest BCUT2D eigenvalue weighted by Gasteiger charge is 2.08. The molecule has 0 aliphatic rings. The summed E-state index contributed by atoms with van der Waals surface area (Å²) < 4.78 is 10.1. The van der Waals surface area contributed by atoms with E-state index in [1.165, 1.54) is 6.20 Å². The lowest BCUT2D eigenvalue weighted by molar-refractivity contribution is -0.145. The highest BCUT2D eigenvalue weighted by molar-refractivity contribution is 5.85. The number of carbonyl (C=O) groups is 2. The van der Waals surface area contributed by atoms with E-state index in [1.807, 2.05) is 6.07 Å². The average molecular weight is 274 g/mol. The Bertz CT molecular complexity index is 607. The van der Waals surface area contributed by atoms with Gasteiger partial charge in [-0.1, -0.05) is 12.1 Å². The molecule has 0 aliphatic carbocycles. The molecule has 1 aromatic heterocycles. The van der Waals surface area contributed by atoms with Crippen LogP contribution < -0.4 is 4.74 Å². The molecule has 0 unspecified atom stereocenters. The summed E-state index contributed by atoms with van der Waals surface area (Å²) in [5.74, 6) is 0.0926. The summed E-state index contributed by atoms with van der Waals surface area (Å²) in [7, 11) is 0. The quantitative estimate of drug-likeness (QED) is 0.642. The lowest BCUT2D eigenvalue weighted by atomic mass is 10.1. The lowest BCUT2D eigenvalue weighted by Crippen LogP contribution is -2.14. The zero-order chi connectivity index (χ0) is 14.4. The van der Waals surface area contributed by atoms with Crippen LogP contribution in [0.25, 0.3) is 11.3 Å². The molecule has 104 valence electrons. The predicted molar refractivity (Wildman–Crippen MR) is 71.5 cm³/mol. The minimum absolute atomic E-state index is 0.152. The van der Waals surface area contributed by atoms with Gasteiger partial charge in [-0.05, 0) is 19.1 Å². The molecule has 1 heterocycles. The summed E-state index contributed by atoms with van der Waals surface area (Å²) in [6.45, 7) is 1.90. The van der Waals surface area contributed by atoms with Crippen molar-refractivity contribution >= 4 is 12.3 Å². The normalized spacial score (nSPS) is 10.1. The smallest absolute Gasteiger partial charge is 0.344 e. The molecule has 2 rings (SSSR count). The summed E-state index contributed by atoms with van der Waals surface area (Å²) in [4.78, 5) is 22.1. The Hall–Kier alpha value is -2.63. The highest BCUT2D eigenvalue weighted by Crippen LogP contribution is 2.24. The lowest BCUT2D eigenvalue weighted by Gasteiger charge is -2.07. The molecule has 6 nitrogen and oxygen atoms in total. The van der Waals surface area contributed by atoms with Crippen molar-refractivity contribution in [2.24, 2.45) is 0 Å². The van der Waals surface area contributed by atoms with Gasteiger partial charge in [0, 0.05) is 5.56 Å². The van der Waals surface area contributed by atoms with Gasteiger partial charge in [-0.15, -0.1) is 0 Å². The van der Waals surface area contributed by atoms with Crippen molar-refractivity contribution in [3.05, 3.63) is 36.0 Å². The fourth-order valence-corrected chi connectivity index (χ4v) is 1.70. The van der Waals surface area contributed by atoms with Crippen LogP contribution in [0.3, 0.4) is 0 Å². The Morgan fingerprint density at radius 2 is 2.30 bits per heavy atom. The van der Waals surface area contributed by atoms with Crippen LogP contribution in [0.1, 0.15) is 17.3 Å². The van der Waals surface area contributed by atoms with Gasteiger partial charge in [-0.3, -0.25) is 9.89 Å². The molecule has 0 saturated carbocycles. The molecule has 20 heavy (non-hydrogen) atoms. The minimum atomic E-state index is -0.423. The van der Waals surface area contributed by atoms with E-state index in [0.29, 0.717) is 23.6 Å². The van der Waals surface area contributed by atoms with Crippen molar-refractivity contribution < 1.29 is 19.1 Å². The Kier molecular flexibility index (Phi) is 4.49. The molecule has 0 bridgehead atoms. The number of nitrogens with one attached hydrogen (secondary N) is 1. The Morgan fingerprint density at radius 3 is 3.05 bits per heavy atom. The zero-order valence-corrected chi connectivity index (χ0v) is 11.0. The maximum absolute atomic E-state index is 11.2. The van der Waals surface area contributed by atoms with Gasteiger partial charge in [0.15, 0.2) is 12.9 Å². The SMILES string of the molecule is CCOC(=O)COc1cccc(-c2[nH]ncc2C=O)c1. The molecule has 0 saturated heterocycles. The molecule has 1 N–H and O–H groups in total. The van der Waals surface area contributed by atoms with Crippen LogP contribution >= 0.6 is 0 Å². The number of ether oxygens (including phenoxy) is 2. The van der Waals surface area contributed by atoms with Gasteiger partial charge in [-0.25, -0.2) is 4.79 Å². The fraction of sp³-hybridized carbons (Fsp3) is 0.214. The van der Waals surface area contributed by atoms with Crippen molar-refractivity contribution in [1.29, 1.82) is 0 Å². The van der Waals surface area contributed by atoms with Gasteiger partial charge >= 0.3 is 5.97 Å². The zero-order valence-electron chi connectivity index (χ0n) is 11.0. The topological polar surface area (TPSA) is 81.3 Å². The van der Waals surface area contributed by atoms with Crippen LogP contribution in [-0.4, -0.2) is 35.7 Å². The number of aromatic amines is 1. The largest absolute Gasteiger partial charge is 0.482 e. The molecule has 2 aromatic rings. The van der Waals surface area contributed by atoms with E-state index in [4.69, 9.17) is 9.47 Å². The van der Waals surface area contributed by atoms with Crippen molar-refractivity contribution in [2.45, 2.75) is 6.92 Å².